The highest BCUT2D eigenvalue weighted by molar-refractivity contribution is 7.89. The second kappa shape index (κ2) is 10.4. The van der Waals surface area contributed by atoms with Gasteiger partial charge in [0.2, 0.25) is 0 Å². The summed E-state index contributed by atoms with van der Waals surface area (Å²) in [6.45, 7) is 0. The molecule has 0 aliphatic carbocycles. The van der Waals surface area contributed by atoms with Crippen molar-refractivity contribution in [1.29, 1.82) is 0 Å². The monoisotopic (exact) mass is 518 g/mol. The highest BCUT2D eigenvalue weighted by atomic mass is 32.2. The van der Waals surface area contributed by atoms with Gasteiger partial charge in [0.15, 0.2) is 0 Å². The molecule has 0 fully saturated rings. The smallest absolute Gasteiger partial charge is 0.282 e. The van der Waals surface area contributed by atoms with Gasteiger partial charge in [-0.25, -0.2) is 0 Å². The van der Waals surface area contributed by atoms with Crippen LogP contribution in [-0.2, 0) is 20.2 Å². The maximum absolute atomic E-state index is 12.7. The van der Waals surface area contributed by atoms with Crippen molar-refractivity contribution in [1.82, 2.24) is 0 Å². The molecule has 0 aliphatic heterocycles. The van der Waals surface area contributed by atoms with E-state index in [0.717, 1.165) is 11.1 Å². The molecule has 36 heavy (non-hydrogen) atoms. The predicted octanol–water partition coefficient (Wildman–Crippen LogP) is 6.19. The Hall–Kier alpha value is -3.82. The molecule has 0 saturated heterocycles. The molecular formula is C28H22O6S2. The number of rotatable bonds is 7. The van der Waals surface area contributed by atoms with Crippen LogP contribution in [0.2, 0.25) is 0 Å². The Bertz CT molecular complexity index is 1640. The maximum Gasteiger partial charge on any atom is 0.296 e. The summed E-state index contributed by atoms with van der Waals surface area (Å²) in [5.74, 6) is 0. The Morgan fingerprint density at radius 3 is 1.44 bits per heavy atom. The molecular weight excluding hydrogens is 496 g/mol. The van der Waals surface area contributed by atoms with Crippen molar-refractivity contribution in [3.63, 3.8) is 0 Å². The topological polar surface area (TPSA) is 109 Å². The van der Waals surface area contributed by atoms with Crippen LogP contribution in [0.3, 0.4) is 0 Å². The van der Waals surface area contributed by atoms with Crippen LogP contribution < -0.4 is 0 Å². The molecule has 182 valence electrons. The van der Waals surface area contributed by atoms with Crippen molar-refractivity contribution in [2.45, 2.75) is 9.79 Å². The van der Waals surface area contributed by atoms with E-state index in [1.165, 1.54) is 12.1 Å². The van der Waals surface area contributed by atoms with Crippen LogP contribution >= 0.6 is 0 Å². The third-order valence-electron chi connectivity index (χ3n) is 5.40. The maximum atomic E-state index is 12.7. The standard InChI is InChI=1S/C28H22O6S2/c29-35(30,31)27-25(19-17-22-12-6-2-7-13-22)24(18-16-21-10-4-1-5-11-21)20-26(28(27)36(32,33)34)23-14-8-3-9-15-23/h1-20H,(H,29,30,31)(H,32,33,34). The van der Waals surface area contributed by atoms with Gasteiger partial charge in [-0.2, -0.15) is 16.8 Å². The van der Waals surface area contributed by atoms with Crippen molar-refractivity contribution in [3.8, 4) is 11.1 Å². The van der Waals surface area contributed by atoms with Crippen LogP contribution in [-0.4, -0.2) is 25.9 Å². The molecule has 0 aliphatic rings. The fraction of sp³-hybridized carbons (Fsp3) is 0. The third kappa shape index (κ3) is 5.87. The number of hydrogen-bond acceptors (Lipinski definition) is 4. The van der Waals surface area contributed by atoms with E-state index in [1.54, 1.807) is 72.8 Å². The van der Waals surface area contributed by atoms with Gasteiger partial charge in [0.1, 0.15) is 9.79 Å². The Balaban J connectivity index is 2.11. The van der Waals surface area contributed by atoms with Gasteiger partial charge in [0.05, 0.1) is 0 Å². The Kier molecular flexibility index (Phi) is 7.32. The predicted molar refractivity (Wildman–Crippen MR) is 142 cm³/mol. The molecule has 0 radical (unpaired) electrons. The van der Waals surface area contributed by atoms with E-state index in [9.17, 15) is 25.9 Å². The van der Waals surface area contributed by atoms with E-state index in [4.69, 9.17) is 0 Å². The summed E-state index contributed by atoms with van der Waals surface area (Å²) < 4.78 is 70.8. The average Bonchev–Trinajstić information content (AvgIpc) is 2.86. The molecule has 0 amide bonds. The largest absolute Gasteiger partial charge is 0.296 e. The molecule has 8 heteroatoms. The van der Waals surface area contributed by atoms with Gasteiger partial charge in [0.25, 0.3) is 20.2 Å². The first-order valence-electron chi connectivity index (χ1n) is 10.8. The molecule has 0 unspecified atom stereocenters. The van der Waals surface area contributed by atoms with Gasteiger partial charge in [0, 0.05) is 11.1 Å². The second-order valence-electron chi connectivity index (χ2n) is 7.89. The van der Waals surface area contributed by atoms with Gasteiger partial charge >= 0.3 is 0 Å². The molecule has 0 spiro atoms. The van der Waals surface area contributed by atoms with E-state index < -0.39 is 30.0 Å². The molecule has 6 nitrogen and oxygen atoms in total. The van der Waals surface area contributed by atoms with E-state index in [-0.39, 0.29) is 11.1 Å². The van der Waals surface area contributed by atoms with E-state index in [0.29, 0.717) is 11.1 Å². The molecule has 4 aromatic carbocycles. The van der Waals surface area contributed by atoms with Crippen molar-refractivity contribution >= 4 is 44.5 Å². The molecule has 2 N–H and O–H groups in total. The van der Waals surface area contributed by atoms with Gasteiger partial charge in [-0.1, -0.05) is 115 Å². The molecule has 4 rings (SSSR count). The lowest BCUT2D eigenvalue weighted by Gasteiger charge is -2.17. The van der Waals surface area contributed by atoms with Gasteiger partial charge in [-0.05, 0) is 28.3 Å². The Morgan fingerprint density at radius 2 is 0.972 bits per heavy atom. The SMILES string of the molecule is O=S(=O)(O)c1c(-c2ccccc2)cc(C=Cc2ccccc2)c(C=Cc2ccccc2)c1S(=O)(=O)O. The van der Waals surface area contributed by atoms with Crippen LogP contribution in [0.4, 0.5) is 0 Å². The fourth-order valence-corrected chi connectivity index (χ4v) is 6.06. The van der Waals surface area contributed by atoms with Crippen molar-refractivity contribution in [2.75, 3.05) is 0 Å². The third-order valence-corrected chi connectivity index (χ3v) is 7.41. The molecule has 0 saturated carbocycles. The summed E-state index contributed by atoms with van der Waals surface area (Å²) in [5.41, 5.74) is 2.07. The van der Waals surface area contributed by atoms with Gasteiger partial charge in [-0.15, -0.1) is 0 Å². The summed E-state index contributed by atoms with van der Waals surface area (Å²) in [7, 11) is -10.2. The minimum absolute atomic E-state index is 0.0599. The van der Waals surface area contributed by atoms with Crippen LogP contribution in [0.5, 0.6) is 0 Å². The summed E-state index contributed by atoms with van der Waals surface area (Å²) in [5, 5.41) is 0. The highest BCUT2D eigenvalue weighted by Gasteiger charge is 2.32. The first-order chi connectivity index (χ1) is 17.1. The Morgan fingerprint density at radius 1 is 0.528 bits per heavy atom. The Labute approximate surface area is 210 Å². The second-order valence-corrected chi connectivity index (χ2v) is 10.6. The fourth-order valence-electron chi connectivity index (χ4n) is 3.82. The van der Waals surface area contributed by atoms with E-state index >= 15 is 0 Å². The summed E-state index contributed by atoms with van der Waals surface area (Å²) in [4.78, 5) is -1.79. The minimum atomic E-state index is -5.11. The average molecular weight is 519 g/mol. The summed E-state index contributed by atoms with van der Waals surface area (Å²) in [6.07, 6.45) is 6.38. The zero-order valence-electron chi connectivity index (χ0n) is 18.9. The molecule has 4 aromatic rings. The van der Waals surface area contributed by atoms with Crippen LogP contribution in [0, 0.1) is 0 Å². The van der Waals surface area contributed by atoms with E-state index in [1.807, 2.05) is 36.4 Å². The minimum Gasteiger partial charge on any atom is -0.282 e. The first kappa shape index (κ1) is 25.3. The van der Waals surface area contributed by atoms with Crippen LogP contribution in [0.15, 0.2) is 107 Å². The lowest BCUT2D eigenvalue weighted by atomic mass is 9.97. The van der Waals surface area contributed by atoms with Crippen molar-refractivity contribution < 1.29 is 25.9 Å². The van der Waals surface area contributed by atoms with Crippen molar-refractivity contribution in [2.24, 2.45) is 0 Å². The molecule has 0 bridgehead atoms. The quantitative estimate of drug-likeness (QED) is 0.223. The van der Waals surface area contributed by atoms with Gasteiger partial charge in [-0.3, -0.25) is 9.11 Å². The number of hydrogen-bond donors (Lipinski definition) is 2. The van der Waals surface area contributed by atoms with Gasteiger partial charge < -0.3 is 0 Å². The van der Waals surface area contributed by atoms with Crippen LogP contribution in [0.25, 0.3) is 35.4 Å². The van der Waals surface area contributed by atoms with Crippen LogP contribution in [0.1, 0.15) is 22.3 Å². The summed E-state index contributed by atoms with van der Waals surface area (Å²) in [6, 6.07) is 27.9. The first-order valence-corrected chi connectivity index (χ1v) is 13.7. The number of benzene rings is 4. The zero-order valence-corrected chi connectivity index (χ0v) is 20.5. The summed E-state index contributed by atoms with van der Waals surface area (Å²) >= 11 is 0. The lowest BCUT2D eigenvalue weighted by Crippen LogP contribution is -2.13. The van der Waals surface area contributed by atoms with E-state index in [2.05, 4.69) is 0 Å². The normalized spacial score (nSPS) is 12.4. The van der Waals surface area contributed by atoms with Crippen molar-refractivity contribution in [3.05, 3.63) is 119 Å². The molecule has 0 aromatic heterocycles. The zero-order chi connectivity index (χ0) is 25.8. The molecule has 0 heterocycles. The molecule has 0 atom stereocenters. The highest BCUT2D eigenvalue weighted by Crippen LogP contribution is 2.38. The lowest BCUT2D eigenvalue weighted by molar-refractivity contribution is 0.466.